The Kier molecular flexibility index (Phi) is 2.05. The van der Waals surface area contributed by atoms with Crippen LogP contribution in [0.1, 0.15) is 18.4 Å². The lowest BCUT2D eigenvalue weighted by atomic mass is 10.2. The van der Waals surface area contributed by atoms with Crippen molar-refractivity contribution in [2.24, 2.45) is 0 Å². The second-order valence-corrected chi connectivity index (χ2v) is 3.19. The van der Waals surface area contributed by atoms with Crippen molar-refractivity contribution in [1.82, 2.24) is 0 Å². The van der Waals surface area contributed by atoms with Crippen LogP contribution in [0.3, 0.4) is 0 Å². The molecule has 68 valence electrons. The lowest BCUT2D eigenvalue weighted by Crippen LogP contribution is -1.87. The summed E-state index contributed by atoms with van der Waals surface area (Å²) in [7, 11) is 1.56. The molecule has 1 aliphatic carbocycles. The van der Waals surface area contributed by atoms with E-state index in [9.17, 15) is 4.39 Å². The average Bonchev–Trinajstić information content (AvgIpc) is 2.92. The predicted molar refractivity (Wildman–Crippen MR) is 50.2 cm³/mol. The largest absolute Gasteiger partial charge is 0.496 e. The molecule has 1 fully saturated rings. The van der Waals surface area contributed by atoms with E-state index in [2.05, 4.69) is 6.08 Å². The van der Waals surface area contributed by atoms with Crippen LogP contribution in [0.2, 0.25) is 0 Å². The van der Waals surface area contributed by atoms with E-state index in [-0.39, 0.29) is 5.82 Å². The van der Waals surface area contributed by atoms with Crippen LogP contribution in [0.5, 0.6) is 5.75 Å². The molecule has 0 N–H and O–H groups in total. The Morgan fingerprint density at radius 2 is 2.15 bits per heavy atom. The van der Waals surface area contributed by atoms with Crippen LogP contribution in [0.25, 0.3) is 6.08 Å². The topological polar surface area (TPSA) is 9.23 Å². The van der Waals surface area contributed by atoms with Crippen molar-refractivity contribution in [3.8, 4) is 5.75 Å². The molecule has 0 amide bonds. The third-order valence-electron chi connectivity index (χ3n) is 2.09. The molecular weight excluding hydrogens is 167 g/mol. The summed E-state index contributed by atoms with van der Waals surface area (Å²) in [6, 6.07) is 4.62. The smallest absolute Gasteiger partial charge is 0.128 e. The van der Waals surface area contributed by atoms with Crippen LogP contribution < -0.4 is 4.74 Å². The van der Waals surface area contributed by atoms with Crippen molar-refractivity contribution >= 4 is 6.08 Å². The number of allylic oxidation sites excluding steroid dienone is 1. The molecule has 2 rings (SSSR count). The predicted octanol–water partition coefficient (Wildman–Crippen LogP) is 3.01. The average molecular weight is 178 g/mol. The first-order chi connectivity index (χ1) is 6.29. The van der Waals surface area contributed by atoms with Crippen molar-refractivity contribution in [2.45, 2.75) is 12.8 Å². The van der Waals surface area contributed by atoms with Crippen LogP contribution in [0.15, 0.2) is 23.8 Å². The summed E-state index contributed by atoms with van der Waals surface area (Å²) in [6.07, 6.45) is 4.40. The zero-order valence-corrected chi connectivity index (χ0v) is 7.51. The molecule has 1 aliphatic rings. The number of benzene rings is 1. The van der Waals surface area contributed by atoms with Gasteiger partial charge in [0.05, 0.1) is 7.11 Å². The maximum Gasteiger partial charge on any atom is 0.128 e. The Labute approximate surface area is 76.8 Å². The van der Waals surface area contributed by atoms with Gasteiger partial charge in [-0.2, -0.15) is 0 Å². The highest BCUT2D eigenvalue weighted by atomic mass is 19.1. The molecule has 1 saturated carbocycles. The lowest BCUT2D eigenvalue weighted by molar-refractivity contribution is 0.410. The maximum atomic E-state index is 12.8. The third kappa shape index (κ3) is 1.89. The normalized spacial score (nSPS) is 14.2. The van der Waals surface area contributed by atoms with Crippen LogP contribution in [0.4, 0.5) is 4.39 Å². The molecule has 1 nitrogen and oxygen atoms in total. The Morgan fingerprint density at radius 1 is 1.38 bits per heavy atom. The summed E-state index contributed by atoms with van der Waals surface area (Å²) in [6.45, 7) is 0. The van der Waals surface area contributed by atoms with Crippen LogP contribution in [-0.4, -0.2) is 7.11 Å². The number of hydrogen-bond acceptors (Lipinski definition) is 1. The number of ether oxygens (including phenoxy) is 1. The minimum Gasteiger partial charge on any atom is -0.496 e. The van der Waals surface area contributed by atoms with Crippen LogP contribution >= 0.6 is 0 Å². The second kappa shape index (κ2) is 3.21. The quantitative estimate of drug-likeness (QED) is 0.676. The van der Waals surface area contributed by atoms with E-state index in [1.165, 1.54) is 30.5 Å². The molecule has 0 bridgehead atoms. The maximum absolute atomic E-state index is 12.8. The summed E-state index contributed by atoms with van der Waals surface area (Å²) in [5, 5.41) is 0. The molecule has 0 aliphatic heterocycles. The van der Waals surface area contributed by atoms with Crippen molar-refractivity contribution in [1.29, 1.82) is 0 Å². The van der Waals surface area contributed by atoms with Crippen LogP contribution in [0, 0.1) is 5.82 Å². The fourth-order valence-corrected chi connectivity index (χ4v) is 1.24. The van der Waals surface area contributed by atoms with Gasteiger partial charge in [0.1, 0.15) is 11.6 Å². The zero-order chi connectivity index (χ0) is 9.26. The summed E-state index contributed by atoms with van der Waals surface area (Å²) in [4.78, 5) is 0. The summed E-state index contributed by atoms with van der Waals surface area (Å²) in [5.74, 6) is 0.356. The minimum absolute atomic E-state index is 0.255. The SMILES string of the molecule is COc1cc(F)ccc1C=C1CC1. The highest BCUT2D eigenvalue weighted by Gasteiger charge is 2.12. The Balaban J connectivity index is 2.37. The monoisotopic (exact) mass is 178 g/mol. The van der Waals surface area contributed by atoms with Crippen molar-refractivity contribution in [2.75, 3.05) is 7.11 Å². The summed E-state index contributed by atoms with van der Waals surface area (Å²) >= 11 is 0. The van der Waals surface area contributed by atoms with Crippen LogP contribution in [-0.2, 0) is 0 Å². The van der Waals surface area contributed by atoms with Crippen molar-refractivity contribution in [3.05, 3.63) is 35.2 Å². The molecule has 0 spiro atoms. The van der Waals surface area contributed by atoms with E-state index in [1.54, 1.807) is 13.2 Å². The van der Waals surface area contributed by atoms with E-state index in [4.69, 9.17) is 4.74 Å². The zero-order valence-electron chi connectivity index (χ0n) is 7.51. The standard InChI is InChI=1S/C11H11FO/c1-13-11-7-10(12)5-4-9(11)6-8-2-3-8/h4-7H,2-3H2,1H3. The van der Waals surface area contributed by atoms with Crippen molar-refractivity contribution in [3.63, 3.8) is 0 Å². The molecule has 1 aromatic rings. The van der Waals surface area contributed by atoms with Gasteiger partial charge in [-0.3, -0.25) is 0 Å². The van der Waals surface area contributed by atoms with Gasteiger partial charge in [0, 0.05) is 11.6 Å². The molecule has 13 heavy (non-hydrogen) atoms. The molecule has 0 radical (unpaired) electrons. The molecule has 0 saturated heterocycles. The van der Waals surface area contributed by atoms with Crippen molar-refractivity contribution < 1.29 is 9.13 Å². The second-order valence-electron chi connectivity index (χ2n) is 3.19. The molecule has 0 unspecified atom stereocenters. The molecule has 0 aromatic heterocycles. The first-order valence-electron chi connectivity index (χ1n) is 4.32. The Hall–Kier alpha value is -1.31. The van der Waals surface area contributed by atoms with E-state index >= 15 is 0 Å². The van der Waals surface area contributed by atoms with Gasteiger partial charge in [-0.15, -0.1) is 0 Å². The Morgan fingerprint density at radius 3 is 2.77 bits per heavy atom. The van der Waals surface area contributed by atoms with Gasteiger partial charge in [-0.05, 0) is 25.0 Å². The summed E-state index contributed by atoms with van der Waals surface area (Å²) < 4.78 is 17.9. The highest BCUT2D eigenvalue weighted by Crippen LogP contribution is 2.32. The fourth-order valence-electron chi connectivity index (χ4n) is 1.24. The first-order valence-corrected chi connectivity index (χ1v) is 4.32. The van der Waals surface area contributed by atoms with Gasteiger partial charge in [0.25, 0.3) is 0 Å². The van der Waals surface area contributed by atoms with Gasteiger partial charge in [-0.1, -0.05) is 11.6 Å². The van der Waals surface area contributed by atoms with Gasteiger partial charge < -0.3 is 4.74 Å². The number of hydrogen-bond donors (Lipinski definition) is 0. The number of rotatable bonds is 2. The lowest BCUT2D eigenvalue weighted by Gasteiger charge is -2.03. The highest BCUT2D eigenvalue weighted by molar-refractivity contribution is 5.62. The molecule has 1 aromatic carbocycles. The van der Waals surface area contributed by atoms with E-state index in [0.29, 0.717) is 5.75 Å². The minimum atomic E-state index is -0.255. The fraction of sp³-hybridized carbons (Fsp3) is 0.273. The number of methoxy groups -OCH3 is 1. The molecular formula is C11H11FO. The first kappa shape index (κ1) is 8.30. The van der Waals surface area contributed by atoms with Gasteiger partial charge in [0.2, 0.25) is 0 Å². The molecule has 2 heteroatoms. The summed E-state index contributed by atoms with van der Waals surface area (Å²) in [5.41, 5.74) is 2.38. The molecule has 0 heterocycles. The third-order valence-corrected chi connectivity index (χ3v) is 2.09. The number of halogens is 1. The van der Waals surface area contributed by atoms with E-state index < -0.39 is 0 Å². The molecule has 0 atom stereocenters. The van der Waals surface area contributed by atoms with Gasteiger partial charge in [0.15, 0.2) is 0 Å². The van der Waals surface area contributed by atoms with E-state index in [1.807, 2.05) is 0 Å². The van der Waals surface area contributed by atoms with Gasteiger partial charge >= 0.3 is 0 Å². The van der Waals surface area contributed by atoms with Gasteiger partial charge in [-0.25, -0.2) is 4.39 Å². The van der Waals surface area contributed by atoms with E-state index in [0.717, 1.165) is 5.56 Å². The Bertz CT molecular complexity index is 349.